The van der Waals surface area contributed by atoms with Crippen LogP contribution in [-0.4, -0.2) is 12.0 Å². The second-order valence-corrected chi connectivity index (χ2v) is 7.04. The fourth-order valence-corrected chi connectivity index (χ4v) is 2.97. The largest absolute Gasteiger partial charge is 0.488 e. The van der Waals surface area contributed by atoms with Gasteiger partial charge in [-0.15, -0.1) is 12.4 Å². The lowest BCUT2D eigenvalue weighted by Crippen LogP contribution is -2.21. The molecule has 3 rings (SSSR count). The molecule has 2 N–H and O–H groups in total. The van der Waals surface area contributed by atoms with E-state index in [1.807, 2.05) is 78.9 Å². The molecule has 0 aliphatic rings. The van der Waals surface area contributed by atoms with E-state index in [1.165, 1.54) is 0 Å². The second-order valence-electron chi connectivity index (χ2n) is 7.04. The van der Waals surface area contributed by atoms with E-state index in [0.29, 0.717) is 24.3 Å². The van der Waals surface area contributed by atoms with Crippen LogP contribution in [0.15, 0.2) is 78.9 Å². The van der Waals surface area contributed by atoms with Crippen molar-refractivity contribution in [3.63, 3.8) is 0 Å². The highest BCUT2D eigenvalue weighted by atomic mass is 35.5. The van der Waals surface area contributed by atoms with Crippen LogP contribution in [0.5, 0.6) is 5.75 Å². The lowest BCUT2D eigenvalue weighted by Gasteiger charge is -2.15. The van der Waals surface area contributed by atoms with E-state index >= 15 is 0 Å². The van der Waals surface area contributed by atoms with Crippen LogP contribution in [0.2, 0.25) is 0 Å². The molecule has 1 unspecified atom stereocenters. The molecule has 3 aromatic rings. The van der Waals surface area contributed by atoms with Crippen molar-refractivity contribution in [3.05, 3.63) is 101 Å². The number of esters is 1. The molecule has 0 heterocycles. The molecule has 0 saturated carbocycles. The predicted molar refractivity (Wildman–Crippen MR) is 122 cm³/mol. The average Bonchev–Trinajstić information content (AvgIpc) is 2.77. The van der Waals surface area contributed by atoms with Crippen molar-refractivity contribution < 1.29 is 14.3 Å². The summed E-state index contributed by atoms with van der Waals surface area (Å²) in [5.41, 5.74) is 9.49. The van der Waals surface area contributed by atoms with Crippen LogP contribution >= 0.6 is 12.4 Å². The van der Waals surface area contributed by atoms with Crippen LogP contribution in [0, 0.1) is 0 Å². The number of rotatable bonds is 9. The molecule has 0 fully saturated rings. The average molecular weight is 426 g/mol. The number of halogens is 1. The van der Waals surface area contributed by atoms with Crippen LogP contribution in [0.3, 0.4) is 0 Å². The molecular formula is C25H28ClNO3. The van der Waals surface area contributed by atoms with Crippen LogP contribution in [0.25, 0.3) is 0 Å². The Kier molecular flexibility index (Phi) is 9.39. The molecule has 158 valence electrons. The van der Waals surface area contributed by atoms with Crippen molar-refractivity contribution in [2.75, 3.05) is 0 Å². The van der Waals surface area contributed by atoms with E-state index in [4.69, 9.17) is 15.2 Å². The molecule has 5 heteroatoms. The van der Waals surface area contributed by atoms with Crippen LogP contribution in [-0.2, 0) is 24.4 Å². The number of carbonyl (C=O) groups excluding carboxylic acids is 1. The minimum absolute atomic E-state index is 0. The van der Waals surface area contributed by atoms with Crippen molar-refractivity contribution >= 4 is 18.4 Å². The highest BCUT2D eigenvalue weighted by Gasteiger charge is 2.16. The van der Waals surface area contributed by atoms with Gasteiger partial charge in [-0.3, -0.25) is 0 Å². The Balaban J connectivity index is 0.00000320. The molecule has 0 radical (unpaired) electrons. The Labute approximate surface area is 184 Å². The van der Waals surface area contributed by atoms with Crippen molar-refractivity contribution in [2.24, 2.45) is 5.73 Å². The molecule has 0 bridgehead atoms. The third-order valence-electron chi connectivity index (χ3n) is 4.74. The molecule has 1 atom stereocenters. The number of hydrogen-bond acceptors (Lipinski definition) is 4. The van der Waals surface area contributed by atoms with E-state index in [-0.39, 0.29) is 25.1 Å². The summed E-state index contributed by atoms with van der Waals surface area (Å²) >= 11 is 0. The number of nitrogens with two attached hydrogens (primary N) is 1. The minimum atomic E-state index is -0.399. The van der Waals surface area contributed by atoms with E-state index in [1.54, 1.807) is 0 Å². The number of carbonyl (C=O) groups is 1. The quantitative estimate of drug-likeness (QED) is 0.471. The van der Waals surface area contributed by atoms with Gasteiger partial charge in [0.15, 0.2) is 0 Å². The van der Waals surface area contributed by atoms with Gasteiger partial charge < -0.3 is 15.2 Å². The monoisotopic (exact) mass is 425 g/mol. The first-order valence-corrected chi connectivity index (χ1v) is 9.92. The second kappa shape index (κ2) is 12.0. The van der Waals surface area contributed by atoms with Gasteiger partial charge in [-0.2, -0.15) is 0 Å². The fraction of sp³-hybridized carbons (Fsp3) is 0.240. The van der Waals surface area contributed by atoms with Gasteiger partial charge in [0.05, 0.1) is 0 Å². The highest BCUT2D eigenvalue weighted by Crippen LogP contribution is 2.24. The van der Waals surface area contributed by atoms with Gasteiger partial charge in [0.1, 0.15) is 24.5 Å². The van der Waals surface area contributed by atoms with Gasteiger partial charge in [-0.05, 0) is 41.7 Å². The molecule has 3 aromatic carbocycles. The first kappa shape index (κ1) is 23.5. The van der Waals surface area contributed by atoms with Gasteiger partial charge >= 0.3 is 5.97 Å². The molecule has 0 saturated heterocycles. The molecule has 30 heavy (non-hydrogen) atoms. The van der Waals surface area contributed by atoms with Gasteiger partial charge in [0.2, 0.25) is 0 Å². The SMILES string of the molecule is CCC(N)Cc1ccc(OCc2ccccc2)c(C(=O)OCc2ccccc2)c1.Cl. The van der Waals surface area contributed by atoms with Gasteiger partial charge in [0.25, 0.3) is 0 Å². The summed E-state index contributed by atoms with van der Waals surface area (Å²) in [7, 11) is 0. The Morgan fingerprint density at radius 3 is 2.07 bits per heavy atom. The van der Waals surface area contributed by atoms with E-state index in [2.05, 4.69) is 6.92 Å². The van der Waals surface area contributed by atoms with Crippen molar-refractivity contribution in [1.82, 2.24) is 0 Å². The normalized spacial score (nSPS) is 11.3. The Morgan fingerprint density at radius 1 is 0.867 bits per heavy atom. The van der Waals surface area contributed by atoms with E-state index in [9.17, 15) is 4.79 Å². The molecule has 0 spiro atoms. The smallest absolute Gasteiger partial charge is 0.342 e. The molecule has 0 amide bonds. The summed E-state index contributed by atoms with van der Waals surface area (Å²) in [5.74, 6) is 0.115. The van der Waals surface area contributed by atoms with Gasteiger partial charge in [-0.25, -0.2) is 4.79 Å². The molecule has 0 aromatic heterocycles. The maximum Gasteiger partial charge on any atom is 0.342 e. The Morgan fingerprint density at radius 2 is 1.47 bits per heavy atom. The molecule has 0 aliphatic heterocycles. The maximum absolute atomic E-state index is 12.8. The number of benzene rings is 3. The van der Waals surface area contributed by atoms with Crippen LogP contribution in [0.4, 0.5) is 0 Å². The summed E-state index contributed by atoms with van der Waals surface area (Å²) < 4.78 is 11.5. The number of hydrogen-bond donors (Lipinski definition) is 1. The third kappa shape index (κ3) is 6.90. The summed E-state index contributed by atoms with van der Waals surface area (Å²) in [5, 5.41) is 0. The zero-order valence-corrected chi connectivity index (χ0v) is 17.9. The van der Waals surface area contributed by atoms with Crippen molar-refractivity contribution in [3.8, 4) is 5.75 Å². The maximum atomic E-state index is 12.8. The predicted octanol–water partition coefficient (Wildman–Crippen LogP) is 5.32. The minimum Gasteiger partial charge on any atom is -0.488 e. The fourth-order valence-electron chi connectivity index (χ4n) is 2.97. The zero-order valence-electron chi connectivity index (χ0n) is 17.1. The van der Waals surface area contributed by atoms with E-state index in [0.717, 1.165) is 23.1 Å². The number of ether oxygens (including phenoxy) is 2. The molecule has 4 nitrogen and oxygen atoms in total. The van der Waals surface area contributed by atoms with E-state index < -0.39 is 5.97 Å². The standard InChI is InChI=1S/C25H27NO3.ClH/c1-2-22(26)15-21-13-14-24(28-17-19-9-5-3-6-10-19)23(16-21)25(27)29-18-20-11-7-4-8-12-20;/h3-14,16,22H,2,15,17-18,26H2,1H3;1H. The van der Waals surface area contributed by atoms with Gasteiger partial charge in [-0.1, -0.05) is 73.7 Å². The Bertz CT molecular complexity index is 916. The summed E-state index contributed by atoms with van der Waals surface area (Å²) in [6, 6.07) is 25.2. The Hall–Kier alpha value is -2.82. The third-order valence-corrected chi connectivity index (χ3v) is 4.74. The van der Waals surface area contributed by atoms with Crippen molar-refractivity contribution in [2.45, 2.75) is 39.0 Å². The summed E-state index contributed by atoms with van der Waals surface area (Å²) in [6.07, 6.45) is 1.58. The molecular weight excluding hydrogens is 398 g/mol. The molecule has 0 aliphatic carbocycles. The first-order chi connectivity index (χ1) is 14.2. The lowest BCUT2D eigenvalue weighted by molar-refractivity contribution is 0.0467. The zero-order chi connectivity index (χ0) is 20.5. The summed E-state index contributed by atoms with van der Waals surface area (Å²) in [6.45, 7) is 2.65. The van der Waals surface area contributed by atoms with Crippen LogP contribution < -0.4 is 10.5 Å². The topological polar surface area (TPSA) is 61.5 Å². The summed E-state index contributed by atoms with van der Waals surface area (Å²) in [4.78, 5) is 12.8. The first-order valence-electron chi connectivity index (χ1n) is 9.92. The van der Waals surface area contributed by atoms with Crippen molar-refractivity contribution in [1.29, 1.82) is 0 Å². The van der Waals surface area contributed by atoms with Gasteiger partial charge in [0, 0.05) is 6.04 Å². The highest BCUT2D eigenvalue weighted by molar-refractivity contribution is 5.92. The lowest BCUT2D eigenvalue weighted by atomic mass is 10.0. The van der Waals surface area contributed by atoms with Crippen LogP contribution in [0.1, 0.15) is 40.4 Å².